The summed E-state index contributed by atoms with van der Waals surface area (Å²) in [6.45, 7) is 4.13. The first kappa shape index (κ1) is 18.2. The van der Waals surface area contributed by atoms with Crippen molar-refractivity contribution in [3.05, 3.63) is 66.0 Å². The third-order valence-corrected chi connectivity index (χ3v) is 5.46. The van der Waals surface area contributed by atoms with Gasteiger partial charge in [-0.25, -0.2) is 4.98 Å². The molecule has 3 aromatic heterocycles. The van der Waals surface area contributed by atoms with Gasteiger partial charge >= 0.3 is 0 Å². The molecule has 0 spiro atoms. The Labute approximate surface area is 166 Å². The number of hydrogen-bond acceptors (Lipinski definition) is 6. The number of hydrogen-bond donors (Lipinski definition) is 1. The minimum absolute atomic E-state index is 0.268. The van der Waals surface area contributed by atoms with Crippen molar-refractivity contribution in [1.29, 1.82) is 0 Å². The topological polar surface area (TPSA) is 85.3 Å². The van der Waals surface area contributed by atoms with Gasteiger partial charge in [0.2, 0.25) is 0 Å². The summed E-state index contributed by atoms with van der Waals surface area (Å²) >= 11 is 1.54. The molecule has 1 aromatic carbocycles. The number of carbonyl (C=O) groups excluding carboxylic acids is 1. The Morgan fingerprint density at radius 1 is 1.25 bits per heavy atom. The molecular formula is C20H19N5O2S. The molecule has 142 valence electrons. The Morgan fingerprint density at radius 3 is 2.89 bits per heavy atom. The highest BCUT2D eigenvalue weighted by atomic mass is 32.2. The van der Waals surface area contributed by atoms with Crippen molar-refractivity contribution in [1.82, 2.24) is 19.6 Å². The van der Waals surface area contributed by atoms with Crippen molar-refractivity contribution in [3.8, 4) is 0 Å². The van der Waals surface area contributed by atoms with E-state index in [1.165, 1.54) is 12.6 Å². The number of anilines is 1. The number of aryl methyl sites for hydroxylation is 1. The van der Waals surface area contributed by atoms with Gasteiger partial charge in [-0.1, -0.05) is 37.2 Å². The molecule has 0 bridgehead atoms. The minimum atomic E-state index is -0.288. The van der Waals surface area contributed by atoms with E-state index < -0.39 is 0 Å². The van der Waals surface area contributed by atoms with Gasteiger partial charge < -0.3 is 9.73 Å². The van der Waals surface area contributed by atoms with Crippen LogP contribution in [0.2, 0.25) is 0 Å². The Kier molecular flexibility index (Phi) is 5.12. The Hall–Kier alpha value is -3.13. The fourth-order valence-electron chi connectivity index (χ4n) is 2.95. The van der Waals surface area contributed by atoms with Crippen LogP contribution in [0.3, 0.4) is 0 Å². The van der Waals surface area contributed by atoms with Gasteiger partial charge in [0, 0.05) is 16.2 Å². The molecule has 7 nitrogen and oxygen atoms in total. The van der Waals surface area contributed by atoms with E-state index in [1.54, 1.807) is 28.4 Å². The first-order valence-corrected chi connectivity index (χ1v) is 9.80. The molecular weight excluding hydrogens is 374 g/mol. The normalized spacial score (nSPS) is 11.1. The number of benzene rings is 1. The molecule has 0 atom stereocenters. The van der Waals surface area contributed by atoms with Gasteiger partial charge in [0.05, 0.1) is 12.0 Å². The second-order valence-corrected chi connectivity index (χ2v) is 7.26. The average molecular weight is 393 g/mol. The molecule has 0 saturated carbocycles. The van der Waals surface area contributed by atoms with E-state index in [4.69, 9.17) is 4.42 Å². The van der Waals surface area contributed by atoms with E-state index in [2.05, 4.69) is 27.3 Å². The number of nitrogens with zero attached hydrogens (tertiary/aromatic N) is 4. The number of para-hydroxylation sites is 1. The van der Waals surface area contributed by atoms with Gasteiger partial charge in [-0.15, -0.1) is 0 Å². The zero-order valence-electron chi connectivity index (χ0n) is 15.5. The highest BCUT2D eigenvalue weighted by Crippen LogP contribution is 2.36. The van der Waals surface area contributed by atoms with Crippen molar-refractivity contribution in [2.24, 2.45) is 0 Å². The minimum Gasteiger partial charge on any atom is -0.459 e. The smallest absolute Gasteiger partial charge is 0.291 e. The summed E-state index contributed by atoms with van der Waals surface area (Å²) in [6, 6.07) is 11.0. The van der Waals surface area contributed by atoms with Crippen LogP contribution in [0.15, 0.2) is 63.3 Å². The zero-order chi connectivity index (χ0) is 19.5. The summed E-state index contributed by atoms with van der Waals surface area (Å²) in [4.78, 5) is 22.1. The lowest BCUT2D eigenvalue weighted by molar-refractivity contribution is 0.0996. The van der Waals surface area contributed by atoms with E-state index in [1.807, 2.05) is 31.2 Å². The van der Waals surface area contributed by atoms with Crippen LogP contribution in [0.4, 0.5) is 5.69 Å². The molecule has 0 radical (unpaired) electrons. The predicted molar refractivity (Wildman–Crippen MR) is 107 cm³/mol. The van der Waals surface area contributed by atoms with E-state index in [0.717, 1.165) is 34.0 Å². The molecule has 3 heterocycles. The van der Waals surface area contributed by atoms with Gasteiger partial charge in [-0.05, 0) is 37.6 Å². The van der Waals surface area contributed by atoms with E-state index >= 15 is 0 Å². The lowest BCUT2D eigenvalue weighted by atomic mass is 10.1. The first-order chi connectivity index (χ1) is 13.7. The summed E-state index contributed by atoms with van der Waals surface area (Å²) in [5, 5.41) is 8.24. The molecule has 0 fully saturated rings. The lowest BCUT2D eigenvalue weighted by Gasteiger charge is -2.15. The largest absolute Gasteiger partial charge is 0.459 e. The highest BCUT2D eigenvalue weighted by Gasteiger charge is 2.18. The summed E-state index contributed by atoms with van der Waals surface area (Å²) in [7, 11) is 0. The molecule has 28 heavy (non-hydrogen) atoms. The number of nitrogens with one attached hydrogen (secondary N) is 1. The monoisotopic (exact) mass is 393 g/mol. The maximum absolute atomic E-state index is 12.4. The molecule has 0 aliphatic carbocycles. The van der Waals surface area contributed by atoms with Gasteiger partial charge in [-0.3, -0.25) is 4.79 Å². The SMILES string of the molecule is CCCc1c(C)nc2ncnn2c1Sc1ccccc1NC(=O)c1ccco1. The standard InChI is InChI=1S/C20H19N5O2S/c1-3-7-14-13(2)23-20-21-12-22-25(20)19(14)28-17-10-5-4-8-15(17)24-18(26)16-9-6-11-27-16/h4-6,8-12H,3,7H2,1-2H3,(H,24,26). The molecule has 8 heteroatoms. The number of furan rings is 1. The van der Waals surface area contributed by atoms with Crippen LogP contribution in [0.1, 0.15) is 35.2 Å². The fraction of sp³-hybridized carbons (Fsp3) is 0.200. The summed E-state index contributed by atoms with van der Waals surface area (Å²) in [5.41, 5.74) is 2.79. The molecule has 4 aromatic rings. The maximum Gasteiger partial charge on any atom is 0.291 e. The quantitative estimate of drug-likeness (QED) is 0.489. The Bertz CT molecular complexity index is 1120. The van der Waals surface area contributed by atoms with E-state index in [0.29, 0.717) is 11.5 Å². The van der Waals surface area contributed by atoms with E-state index in [9.17, 15) is 4.79 Å². The van der Waals surface area contributed by atoms with Gasteiger partial charge in [0.15, 0.2) is 5.76 Å². The first-order valence-electron chi connectivity index (χ1n) is 8.98. The van der Waals surface area contributed by atoms with Crippen molar-refractivity contribution in [3.63, 3.8) is 0 Å². The Balaban J connectivity index is 1.73. The van der Waals surface area contributed by atoms with Gasteiger partial charge in [0.1, 0.15) is 11.4 Å². The second-order valence-electron chi connectivity index (χ2n) is 6.23. The molecule has 1 N–H and O–H groups in total. The average Bonchev–Trinajstić information content (AvgIpc) is 3.37. The van der Waals surface area contributed by atoms with Crippen LogP contribution in [-0.2, 0) is 6.42 Å². The number of carbonyl (C=O) groups is 1. The van der Waals surface area contributed by atoms with Crippen LogP contribution < -0.4 is 5.32 Å². The van der Waals surface area contributed by atoms with Gasteiger partial charge in [-0.2, -0.15) is 14.6 Å². The number of fused-ring (bicyclic) bond motifs is 1. The van der Waals surface area contributed by atoms with Crippen molar-refractivity contribution in [2.45, 2.75) is 36.6 Å². The molecule has 0 unspecified atom stereocenters. The maximum atomic E-state index is 12.4. The van der Waals surface area contributed by atoms with Crippen molar-refractivity contribution >= 4 is 29.1 Å². The fourth-order valence-corrected chi connectivity index (χ4v) is 4.12. The number of aromatic nitrogens is 4. The van der Waals surface area contributed by atoms with Crippen LogP contribution in [0, 0.1) is 6.92 Å². The van der Waals surface area contributed by atoms with Crippen LogP contribution in [-0.4, -0.2) is 25.5 Å². The number of rotatable bonds is 6. The second kappa shape index (κ2) is 7.85. The van der Waals surface area contributed by atoms with Crippen molar-refractivity contribution in [2.75, 3.05) is 5.32 Å². The van der Waals surface area contributed by atoms with Crippen LogP contribution in [0.25, 0.3) is 5.78 Å². The lowest BCUT2D eigenvalue weighted by Crippen LogP contribution is -2.11. The van der Waals surface area contributed by atoms with E-state index in [-0.39, 0.29) is 11.7 Å². The van der Waals surface area contributed by atoms with Gasteiger partial charge in [0.25, 0.3) is 11.7 Å². The number of amides is 1. The highest BCUT2D eigenvalue weighted by molar-refractivity contribution is 7.99. The van der Waals surface area contributed by atoms with Crippen LogP contribution in [0.5, 0.6) is 0 Å². The predicted octanol–water partition coefficient (Wildman–Crippen LogP) is 4.38. The molecule has 0 saturated heterocycles. The molecule has 0 aliphatic heterocycles. The summed E-state index contributed by atoms with van der Waals surface area (Å²) < 4.78 is 6.95. The molecule has 1 amide bonds. The summed E-state index contributed by atoms with van der Waals surface area (Å²) in [5.74, 6) is 0.547. The third-order valence-electron chi connectivity index (χ3n) is 4.27. The third kappa shape index (κ3) is 3.50. The van der Waals surface area contributed by atoms with Crippen molar-refractivity contribution < 1.29 is 9.21 Å². The molecule has 4 rings (SSSR count). The summed E-state index contributed by atoms with van der Waals surface area (Å²) in [6.07, 6.45) is 4.87. The molecule has 0 aliphatic rings. The Morgan fingerprint density at radius 2 is 2.11 bits per heavy atom. The zero-order valence-corrected chi connectivity index (χ0v) is 16.4. The van der Waals surface area contributed by atoms with Crippen LogP contribution >= 0.6 is 11.8 Å².